The lowest BCUT2D eigenvalue weighted by molar-refractivity contribution is -0.134. The molecule has 110 valence electrons. The third-order valence-electron chi connectivity index (χ3n) is 4.06. The molecule has 1 aromatic heterocycles. The Labute approximate surface area is 118 Å². The molecule has 0 bridgehead atoms. The number of likely N-dealkylation sites (tertiary alicyclic amines) is 1. The van der Waals surface area contributed by atoms with E-state index in [0.717, 1.165) is 58.1 Å². The quantitative estimate of drug-likeness (QED) is 0.832. The number of aromatic nitrogens is 3. The number of hydrogen-bond acceptors (Lipinski definition) is 5. The van der Waals surface area contributed by atoms with Crippen LogP contribution in [0, 0.1) is 0 Å². The highest BCUT2D eigenvalue weighted by molar-refractivity contribution is 5.78. The Bertz CT molecular complexity index is 430. The molecular weight excluding hydrogens is 258 g/mol. The lowest BCUT2D eigenvalue weighted by atomic mass is 9.97. The average molecular weight is 279 g/mol. The summed E-state index contributed by atoms with van der Waals surface area (Å²) in [6, 6.07) is 0. The summed E-state index contributed by atoms with van der Waals surface area (Å²) in [4.78, 5) is 20.7. The molecule has 7 heteroatoms. The Hall–Kier alpha value is -1.47. The largest absolute Gasteiger partial charge is 0.379 e. The topological polar surface area (TPSA) is 74.3 Å². The number of nitrogens with zero attached hydrogens (tertiary/aromatic N) is 4. The minimum absolute atomic E-state index is 0.219. The maximum Gasteiger partial charge on any atom is 0.236 e. The standard InChI is InChI=1S/C13H21N5O2/c19-12(9-17-4-6-20-7-5-17)18-3-1-2-11(8-18)13-14-10-15-16-13/h10-11H,1-9H2,(H,14,15,16)/t11-/m0/s1. The summed E-state index contributed by atoms with van der Waals surface area (Å²) in [7, 11) is 0. The lowest BCUT2D eigenvalue weighted by Gasteiger charge is -2.34. The number of aromatic amines is 1. The number of carbonyl (C=O) groups is 1. The van der Waals surface area contributed by atoms with Gasteiger partial charge in [0.2, 0.25) is 5.91 Å². The summed E-state index contributed by atoms with van der Waals surface area (Å²) >= 11 is 0. The molecule has 3 rings (SSSR count). The zero-order valence-corrected chi connectivity index (χ0v) is 11.6. The van der Waals surface area contributed by atoms with Gasteiger partial charge in [-0.15, -0.1) is 0 Å². The number of nitrogens with one attached hydrogen (secondary N) is 1. The molecule has 0 unspecified atom stereocenters. The average Bonchev–Trinajstić information content (AvgIpc) is 3.03. The monoisotopic (exact) mass is 279 g/mol. The molecular formula is C13H21N5O2. The lowest BCUT2D eigenvalue weighted by Crippen LogP contribution is -2.47. The van der Waals surface area contributed by atoms with E-state index in [1.54, 1.807) is 0 Å². The Balaban J connectivity index is 1.54. The smallest absolute Gasteiger partial charge is 0.236 e. The van der Waals surface area contributed by atoms with Gasteiger partial charge in [-0.25, -0.2) is 4.98 Å². The van der Waals surface area contributed by atoms with Crippen LogP contribution in [0.25, 0.3) is 0 Å². The fourth-order valence-corrected chi connectivity index (χ4v) is 2.89. The number of H-pyrrole nitrogens is 1. The predicted molar refractivity (Wildman–Crippen MR) is 72.2 cm³/mol. The van der Waals surface area contributed by atoms with Gasteiger partial charge in [-0.3, -0.25) is 14.8 Å². The van der Waals surface area contributed by atoms with Crippen molar-refractivity contribution >= 4 is 5.91 Å². The first-order chi connectivity index (χ1) is 9.83. The van der Waals surface area contributed by atoms with Crippen molar-refractivity contribution in [3.63, 3.8) is 0 Å². The Kier molecular flexibility index (Phi) is 4.27. The van der Waals surface area contributed by atoms with E-state index in [-0.39, 0.29) is 5.91 Å². The van der Waals surface area contributed by atoms with Crippen molar-refractivity contribution in [3.8, 4) is 0 Å². The van der Waals surface area contributed by atoms with Gasteiger partial charge in [-0.2, -0.15) is 5.10 Å². The molecule has 1 aromatic rings. The maximum atomic E-state index is 12.4. The van der Waals surface area contributed by atoms with E-state index in [1.165, 1.54) is 6.33 Å². The second-order valence-electron chi connectivity index (χ2n) is 5.44. The normalized spacial score (nSPS) is 24.8. The highest BCUT2D eigenvalue weighted by Crippen LogP contribution is 2.24. The van der Waals surface area contributed by atoms with Crippen LogP contribution in [0.4, 0.5) is 0 Å². The summed E-state index contributed by atoms with van der Waals surface area (Å²) in [5.41, 5.74) is 0. The molecule has 1 atom stereocenters. The Morgan fingerprint density at radius 3 is 3.00 bits per heavy atom. The van der Waals surface area contributed by atoms with Crippen molar-refractivity contribution in [2.75, 3.05) is 45.9 Å². The van der Waals surface area contributed by atoms with Gasteiger partial charge in [0.15, 0.2) is 0 Å². The van der Waals surface area contributed by atoms with Crippen molar-refractivity contribution in [1.82, 2.24) is 25.0 Å². The van der Waals surface area contributed by atoms with Gasteiger partial charge in [0, 0.05) is 32.1 Å². The number of morpholine rings is 1. The SMILES string of the molecule is O=C(CN1CCOCC1)N1CCC[C@H](c2ncn[nH]2)C1. The maximum absolute atomic E-state index is 12.4. The van der Waals surface area contributed by atoms with Gasteiger partial charge in [0.05, 0.1) is 19.8 Å². The molecule has 0 aliphatic carbocycles. The molecule has 3 heterocycles. The summed E-state index contributed by atoms with van der Waals surface area (Å²) in [5, 5.41) is 6.82. The third kappa shape index (κ3) is 3.16. The molecule has 0 aromatic carbocycles. The van der Waals surface area contributed by atoms with Crippen molar-refractivity contribution in [3.05, 3.63) is 12.2 Å². The molecule has 0 radical (unpaired) electrons. The highest BCUT2D eigenvalue weighted by Gasteiger charge is 2.27. The zero-order chi connectivity index (χ0) is 13.8. The minimum atomic E-state index is 0.219. The first-order valence-corrected chi connectivity index (χ1v) is 7.26. The van der Waals surface area contributed by atoms with Crippen molar-refractivity contribution in [2.45, 2.75) is 18.8 Å². The number of ether oxygens (including phenoxy) is 1. The Morgan fingerprint density at radius 2 is 2.25 bits per heavy atom. The fraction of sp³-hybridized carbons (Fsp3) is 0.769. The number of hydrogen-bond donors (Lipinski definition) is 1. The van der Waals surface area contributed by atoms with E-state index in [4.69, 9.17) is 4.74 Å². The van der Waals surface area contributed by atoms with Crippen LogP contribution >= 0.6 is 0 Å². The van der Waals surface area contributed by atoms with Crippen molar-refractivity contribution in [2.24, 2.45) is 0 Å². The number of carbonyl (C=O) groups excluding carboxylic acids is 1. The highest BCUT2D eigenvalue weighted by atomic mass is 16.5. The van der Waals surface area contributed by atoms with Gasteiger partial charge in [0.1, 0.15) is 12.2 Å². The minimum Gasteiger partial charge on any atom is -0.379 e. The van der Waals surface area contributed by atoms with Crippen LogP contribution in [-0.4, -0.2) is 76.8 Å². The molecule has 0 saturated carbocycles. The summed E-state index contributed by atoms with van der Waals surface area (Å²) < 4.78 is 5.31. The van der Waals surface area contributed by atoms with Crippen LogP contribution in [0.15, 0.2) is 6.33 Å². The molecule has 2 fully saturated rings. The molecule has 7 nitrogen and oxygen atoms in total. The first kappa shape index (κ1) is 13.5. The number of amides is 1. The second-order valence-corrected chi connectivity index (χ2v) is 5.44. The molecule has 1 N–H and O–H groups in total. The zero-order valence-electron chi connectivity index (χ0n) is 11.6. The second kappa shape index (κ2) is 6.32. The van der Waals surface area contributed by atoms with Gasteiger partial charge in [0.25, 0.3) is 0 Å². The van der Waals surface area contributed by atoms with Crippen molar-refractivity contribution in [1.29, 1.82) is 0 Å². The molecule has 2 aliphatic heterocycles. The van der Waals surface area contributed by atoms with Gasteiger partial charge in [-0.05, 0) is 12.8 Å². The van der Waals surface area contributed by atoms with E-state index in [1.807, 2.05) is 4.90 Å². The van der Waals surface area contributed by atoms with Gasteiger partial charge < -0.3 is 9.64 Å². The number of piperidine rings is 1. The van der Waals surface area contributed by atoms with Crippen LogP contribution in [0.3, 0.4) is 0 Å². The molecule has 0 spiro atoms. The first-order valence-electron chi connectivity index (χ1n) is 7.26. The summed E-state index contributed by atoms with van der Waals surface area (Å²) in [6.07, 6.45) is 3.63. The van der Waals surface area contributed by atoms with Crippen LogP contribution in [0.1, 0.15) is 24.6 Å². The fourth-order valence-electron chi connectivity index (χ4n) is 2.89. The summed E-state index contributed by atoms with van der Waals surface area (Å²) in [5.74, 6) is 1.41. The van der Waals surface area contributed by atoms with E-state index in [0.29, 0.717) is 12.5 Å². The molecule has 1 amide bonds. The predicted octanol–water partition coefficient (Wildman–Crippen LogP) is -0.157. The van der Waals surface area contributed by atoms with Gasteiger partial charge >= 0.3 is 0 Å². The molecule has 20 heavy (non-hydrogen) atoms. The van der Waals surface area contributed by atoms with Crippen LogP contribution in [0.2, 0.25) is 0 Å². The molecule has 2 aliphatic rings. The van der Waals surface area contributed by atoms with Gasteiger partial charge in [-0.1, -0.05) is 0 Å². The van der Waals surface area contributed by atoms with E-state index >= 15 is 0 Å². The Morgan fingerprint density at radius 1 is 1.40 bits per heavy atom. The van der Waals surface area contributed by atoms with Crippen molar-refractivity contribution < 1.29 is 9.53 Å². The van der Waals surface area contributed by atoms with E-state index in [2.05, 4.69) is 20.1 Å². The van der Waals surface area contributed by atoms with Crippen LogP contribution in [0.5, 0.6) is 0 Å². The number of rotatable bonds is 3. The molecule has 2 saturated heterocycles. The third-order valence-corrected chi connectivity index (χ3v) is 4.06. The summed E-state index contributed by atoms with van der Waals surface area (Å²) in [6.45, 7) is 5.27. The van der Waals surface area contributed by atoms with E-state index < -0.39 is 0 Å². The van der Waals surface area contributed by atoms with Crippen LogP contribution in [-0.2, 0) is 9.53 Å². The van der Waals surface area contributed by atoms with Crippen LogP contribution < -0.4 is 0 Å². The van der Waals surface area contributed by atoms with E-state index in [9.17, 15) is 4.79 Å².